The van der Waals surface area contributed by atoms with Crippen molar-refractivity contribution in [2.75, 3.05) is 0 Å². The molecule has 2 aromatic carbocycles. The van der Waals surface area contributed by atoms with Gasteiger partial charge in [0.25, 0.3) is 0 Å². The first-order valence-corrected chi connectivity index (χ1v) is 13.8. The number of benzene rings is 2. The van der Waals surface area contributed by atoms with Crippen LogP contribution in [0.1, 0.15) is 76.0 Å². The summed E-state index contributed by atoms with van der Waals surface area (Å²) < 4.78 is 0. The van der Waals surface area contributed by atoms with Gasteiger partial charge in [-0.3, -0.25) is 4.99 Å². The Morgan fingerprint density at radius 1 is 0.758 bits per heavy atom. The molecule has 7 heteroatoms. The van der Waals surface area contributed by atoms with E-state index in [-0.39, 0.29) is 13.1 Å². The van der Waals surface area contributed by atoms with E-state index in [1.165, 1.54) is 11.1 Å². The molecule has 33 heavy (non-hydrogen) atoms. The van der Waals surface area contributed by atoms with Crippen molar-refractivity contribution < 1.29 is 13.1 Å². The second kappa shape index (κ2) is 13.6. The molecule has 0 aliphatic carbocycles. The molecule has 0 fully saturated rings. The number of para-hydroxylation sites is 2. The van der Waals surface area contributed by atoms with Crippen LogP contribution in [0.15, 0.2) is 70.8 Å². The second-order valence-corrected chi connectivity index (χ2v) is 9.96. The van der Waals surface area contributed by atoms with Crippen LogP contribution >= 0.6 is 20.2 Å². The Balaban J connectivity index is 0.00000122. The van der Waals surface area contributed by atoms with Crippen LogP contribution in [0.4, 0.5) is 11.4 Å². The Kier molecular flexibility index (Phi) is 11.2. The third kappa shape index (κ3) is 8.04. The topological polar surface area (TPSA) is 50.5 Å². The maximum absolute atomic E-state index is 4.86. The molecule has 4 nitrogen and oxygen atoms in total. The van der Waals surface area contributed by atoms with Gasteiger partial charge in [-0.2, -0.15) is 0 Å². The number of halogens is 2. The van der Waals surface area contributed by atoms with Gasteiger partial charge in [-0.25, -0.2) is 15.0 Å². The molecule has 0 aliphatic rings. The quantitative estimate of drug-likeness (QED) is 0.240. The molecule has 0 spiro atoms. The van der Waals surface area contributed by atoms with Gasteiger partial charge in [0.2, 0.25) is 0 Å². The summed E-state index contributed by atoms with van der Waals surface area (Å²) in [5, 5.41) is 0. The van der Waals surface area contributed by atoms with Crippen LogP contribution in [0.5, 0.6) is 0 Å². The average Bonchev–Trinajstić information content (AvgIpc) is 2.80. The van der Waals surface area contributed by atoms with Crippen molar-refractivity contribution in [2.24, 2.45) is 9.98 Å². The number of nitrogens with zero attached hydrogens (tertiary/aromatic N) is 4. The zero-order valence-electron chi connectivity index (χ0n) is 19.8. The van der Waals surface area contributed by atoms with Crippen molar-refractivity contribution in [2.45, 2.75) is 53.4 Å². The molecule has 3 aromatic rings. The van der Waals surface area contributed by atoms with Crippen LogP contribution < -0.4 is 0 Å². The molecule has 1 heterocycles. The average molecular weight is 525 g/mol. The predicted octanol–water partition coefficient (Wildman–Crippen LogP) is 8.38. The summed E-state index contributed by atoms with van der Waals surface area (Å²) >= 11 is 0.194. The zero-order chi connectivity index (χ0) is 24.4. The van der Waals surface area contributed by atoms with Gasteiger partial charge in [0.05, 0.1) is 28.5 Å². The fourth-order valence-electron chi connectivity index (χ4n) is 3.36. The van der Waals surface area contributed by atoms with Gasteiger partial charge in [-0.15, -0.1) is 0 Å². The summed E-state index contributed by atoms with van der Waals surface area (Å²) in [4.78, 5) is 18.9. The minimum atomic E-state index is 0.194. The van der Waals surface area contributed by atoms with Gasteiger partial charge in [0, 0.05) is 6.20 Å². The van der Waals surface area contributed by atoms with Gasteiger partial charge >= 0.3 is 33.3 Å². The third-order valence-corrected chi connectivity index (χ3v) is 5.04. The first-order valence-electron chi connectivity index (χ1n) is 10.8. The predicted molar refractivity (Wildman–Crippen MR) is 139 cm³/mol. The molecule has 0 saturated carbocycles. The summed E-state index contributed by atoms with van der Waals surface area (Å²) in [6, 6.07) is 18.4. The summed E-state index contributed by atoms with van der Waals surface area (Å²) in [7, 11) is 9.53. The van der Waals surface area contributed by atoms with E-state index < -0.39 is 0 Å². The first-order chi connectivity index (χ1) is 15.8. The summed E-state index contributed by atoms with van der Waals surface area (Å²) in [6.07, 6.45) is 1.78. The summed E-state index contributed by atoms with van der Waals surface area (Å²) in [5.74, 6) is 1.44. The van der Waals surface area contributed by atoms with Crippen molar-refractivity contribution in [3.8, 4) is 0 Å². The van der Waals surface area contributed by atoms with Gasteiger partial charge < -0.3 is 0 Å². The van der Waals surface area contributed by atoms with Crippen molar-refractivity contribution in [1.29, 1.82) is 0 Å². The van der Waals surface area contributed by atoms with Gasteiger partial charge in [0.15, 0.2) is 5.82 Å². The van der Waals surface area contributed by atoms with E-state index in [9.17, 15) is 0 Å². The molecule has 0 saturated heterocycles. The van der Waals surface area contributed by atoms with E-state index in [0.29, 0.717) is 17.7 Å². The van der Waals surface area contributed by atoms with Crippen LogP contribution in [0.2, 0.25) is 0 Å². The SMILES string of the molecule is CC(=Nc1ccccc1C(C)C)c1ccnc(C(C)=Nc2ccccc2C(C)C)n1.[Cl][Fe][Cl]. The van der Waals surface area contributed by atoms with E-state index in [4.69, 9.17) is 35.2 Å². The van der Waals surface area contributed by atoms with Crippen LogP contribution in [-0.2, 0) is 13.1 Å². The Morgan fingerprint density at radius 3 is 1.70 bits per heavy atom. The van der Waals surface area contributed by atoms with Gasteiger partial charge in [-0.1, -0.05) is 64.1 Å². The number of hydrogen-bond acceptors (Lipinski definition) is 4. The molecule has 0 radical (unpaired) electrons. The van der Waals surface area contributed by atoms with Gasteiger partial charge in [0.1, 0.15) is 0 Å². The fourth-order valence-corrected chi connectivity index (χ4v) is 3.36. The number of hydrogen-bond donors (Lipinski definition) is 0. The molecule has 0 atom stereocenters. The molecule has 0 aliphatic heterocycles. The molecule has 3 rings (SSSR count). The minimum absolute atomic E-state index is 0.194. The zero-order valence-corrected chi connectivity index (χ0v) is 22.4. The molecule has 1 aromatic heterocycles. The molecular formula is C26H30Cl2FeN4. The molecule has 176 valence electrons. The van der Waals surface area contributed by atoms with Crippen molar-refractivity contribution in [3.63, 3.8) is 0 Å². The van der Waals surface area contributed by atoms with E-state index in [0.717, 1.165) is 28.5 Å². The van der Waals surface area contributed by atoms with Crippen LogP contribution in [0, 0.1) is 0 Å². The Morgan fingerprint density at radius 2 is 1.21 bits per heavy atom. The van der Waals surface area contributed by atoms with Crippen LogP contribution in [-0.4, -0.2) is 21.4 Å². The summed E-state index contributed by atoms with van der Waals surface area (Å²) in [5.41, 5.74) is 6.87. The molecule has 0 bridgehead atoms. The molecule has 0 unspecified atom stereocenters. The van der Waals surface area contributed by atoms with Crippen molar-refractivity contribution >= 4 is 43.0 Å². The Hall–Kier alpha value is -2.04. The normalized spacial score (nSPS) is 12.2. The van der Waals surface area contributed by atoms with E-state index in [1.807, 2.05) is 38.1 Å². The van der Waals surface area contributed by atoms with Crippen LogP contribution in [0.25, 0.3) is 0 Å². The van der Waals surface area contributed by atoms with Crippen molar-refractivity contribution in [3.05, 3.63) is 83.4 Å². The summed E-state index contributed by atoms with van der Waals surface area (Å²) in [6.45, 7) is 12.7. The Bertz CT molecular complexity index is 1030. The molecular weight excluding hydrogens is 495 g/mol. The van der Waals surface area contributed by atoms with E-state index in [2.05, 4.69) is 63.0 Å². The number of aliphatic imine (C=N–C) groups is 2. The van der Waals surface area contributed by atoms with E-state index >= 15 is 0 Å². The molecule has 0 amide bonds. The number of rotatable bonds is 6. The Labute approximate surface area is 212 Å². The first kappa shape index (κ1) is 27.2. The monoisotopic (exact) mass is 524 g/mol. The third-order valence-electron chi connectivity index (χ3n) is 5.04. The number of aromatic nitrogens is 2. The fraction of sp³-hybridized carbons (Fsp3) is 0.308. The second-order valence-electron chi connectivity index (χ2n) is 8.14. The maximum atomic E-state index is 4.86. The van der Waals surface area contributed by atoms with Crippen molar-refractivity contribution in [1.82, 2.24) is 9.97 Å². The van der Waals surface area contributed by atoms with Gasteiger partial charge in [-0.05, 0) is 55.0 Å². The van der Waals surface area contributed by atoms with E-state index in [1.54, 1.807) is 6.20 Å². The van der Waals surface area contributed by atoms with Crippen LogP contribution in [0.3, 0.4) is 0 Å². The standard InChI is InChI=1S/C26H30N4.2ClH.Fe/c1-17(2)21-11-7-9-13-24(21)28-19(5)23-15-16-27-26(30-23)20(6)29-25-14-10-8-12-22(25)18(3)4;;;/h7-18H,1-6H3;2*1H;/q;;;+2/p-2. The molecule has 0 N–H and O–H groups in total.